The largest absolute Gasteiger partial charge is 0.480 e. The zero-order valence-corrected chi connectivity index (χ0v) is 8.71. The summed E-state index contributed by atoms with van der Waals surface area (Å²) in [6.07, 6.45) is 0.988. The van der Waals surface area contributed by atoms with E-state index in [-0.39, 0.29) is 6.54 Å². The lowest BCUT2D eigenvalue weighted by Gasteiger charge is -2.14. The Bertz CT molecular complexity index is 149. The second kappa shape index (κ2) is 6.86. The summed E-state index contributed by atoms with van der Waals surface area (Å²) in [6, 6.07) is 0.504. The lowest BCUT2D eigenvalue weighted by Crippen LogP contribution is -2.30. The van der Waals surface area contributed by atoms with Crippen LogP contribution in [-0.2, 0) is 4.79 Å². The van der Waals surface area contributed by atoms with Gasteiger partial charge in [-0.2, -0.15) is 0 Å². The van der Waals surface area contributed by atoms with Gasteiger partial charge in [0.15, 0.2) is 0 Å². The molecule has 4 heteroatoms. The lowest BCUT2D eigenvalue weighted by atomic mass is 10.3. The third kappa shape index (κ3) is 9.30. The number of hydrogen-bond donors (Lipinski definition) is 2. The summed E-state index contributed by atoms with van der Waals surface area (Å²) in [7, 11) is 1.82. The fraction of sp³-hybridized carbons (Fsp3) is 0.889. The molecule has 0 aliphatic heterocycles. The third-order valence-corrected chi connectivity index (χ3v) is 1.67. The predicted molar refractivity (Wildman–Crippen MR) is 52.9 cm³/mol. The molecular weight excluding hydrogens is 168 g/mol. The summed E-state index contributed by atoms with van der Waals surface area (Å²) in [5.41, 5.74) is 0. The molecule has 0 saturated heterocycles. The highest BCUT2D eigenvalue weighted by atomic mass is 16.4. The molecule has 0 radical (unpaired) electrons. The Balaban J connectivity index is 3.26. The number of hydrogen-bond acceptors (Lipinski definition) is 3. The summed E-state index contributed by atoms with van der Waals surface area (Å²) < 4.78 is 0. The smallest absolute Gasteiger partial charge is 0.317 e. The van der Waals surface area contributed by atoms with E-state index in [2.05, 4.69) is 19.2 Å². The summed E-state index contributed by atoms with van der Waals surface area (Å²) in [5, 5.41) is 11.8. The molecule has 0 aromatic carbocycles. The van der Waals surface area contributed by atoms with Crippen molar-refractivity contribution < 1.29 is 9.90 Å². The van der Waals surface area contributed by atoms with Crippen molar-refractivity contribution in [2.45, 2.75) is 26.3 Å². The van der Waals surface area contributed by atoms with Crippen LogP contribution < -0.4 is 5.32 Å². The predicted octanol–water partition coefficient (Wildman–Crippen LogP) is 0.391. The van der Waals surface area contributed by atoms with E-state index in [1.165, 1.54) is 0 Å². The molecule has 0 spiro atoms. The maximum Gasteiger partial charge on any atom is 0.317 e. The van der Waals surface area contributed by atoms with E-state index in [0.29, 0.717) is 6.04 Å². The molecule has 0 aromatic rings. The summed E-state index contributed by atoms with van der Waals surface area (Å²) >= 11 is 0. The van der Waals surface area contributed by atoms with Crippen LogP contribution in [0, 0.1) is 0 Å². The van der Waals surface area contributed by atoms with Crippen molar-refractivity contribution in [3.8, 4) is 0 Å². The number of carboxylic acids is 1. The van der Waals surface area contributed by atoms with E-state index in [1.807, 2.05) is 11.9 Å². The molecule has 0 aliphatic carbocycles. The number of carbonyl (C=O) groups is 1. The molecule has 0 rings (SSSR count). The van der Waals surface area contributed by atoms with Crippen molar-refractivity contribution in [3.63, 3.8) is 0 Å². The van der Waals surface area contributed by atoms with E-state index < -0.39 is 5.97 Å². The van der Waals surface area contributed by atoms with Gasteiger partial charge in [-0.1, -0.05) is 13.8 Å². The van der Waals surface area contributed by atoms with Crippen LogP contribution in [-0.4, -0.2) is 48.7 Å². The van der Waals surface area contributed by atoms with Crippen molar-refractivity contribution in [2.24, 2.45) is 0 Å². The molecule has 0 aromatic heterocycles. The minimum Gasteiger partial charge on any atom is -0.480 e. The number of carboxylic acid groups (broad SMARTS) is 1. The summed E-state index contributed by atoms with van der Waals surface area (Å²) in [6.45, 7) is 6.09. The van der Waals surface area contributed by atoms with Gasteiger partial charge in [-0.3, -0.25) is 9.69 Å². The average molecular weight is 188 g/mol. The zero-order valence-electron chi connectivity index (χ0n) is 8.71. The molecule has 0 heterocycles. The van der Waals surface area contributed by atoms with Gasteiger partial charge < -0.3 is 10.4 Å². The summed E-state index contributed by atoms with van der Waals surface area (Å²) in [5.74, 6) is -0.765. The molecule has 78 valence electrons. The molecule has 4 nitrogen and oxygen atoms in total. The average Bonchev–Trinajstić information content (AvgIpc) is 1.96. The first-order chi connectivity index (χ1) is 6.02. The van der Waals surface area contributed by atoms with Gasteiger partial charge in [0.2, 0.25) is 0 Å². The Morgan fingerprint density at radius 2 is 2.15 bits per heavy atom. The Kier molecular flexibility index (Phi) is 6.54. The van der Waals surface area contributed by atoms with E-state index in [1.54, 1.807) is 0 Å². The van der Waals surface area contributed by atoms with E-state index >= 15 is 0 Å². The van der Waals surface area contributed by atoms with Crippen LogP contribution in [0.1, 0.15) is 20.3 Å². The molecular formula is C9H20N2O2. The van der Waals surface area contributed by atoms with E-state index in [4.69, 9.17) is 5.11 Å². The highest BCUT2D eigenvalue weighted by Crippen LogP contribution is 1.87. The van der Waals surface area contributed by atoms with Crippen molar-refractivity contribution >= 4 is 5.97 Å². The quantitative estimate of drug-likeness (QED) is 0.567. The van der Waals surface area contributed by atoms with Gasteiger partial charge in [0.05, 0.1) is 6.54 Å². The monoisotopic (exact) mass is 188 g/mol. The first kappa shape index (κ1) is 12.4. The topological polar surface area (TPSA) is 52.6 Å². The number of aliphatic carboxylic acids is 1. The summed E-state index contributed by atoms with van der Waals surface area (Å²) in [4.78, 5) is 12.1. The normalized spacial score (nSPS) is 11.2. The van der Waals surface area contributed by atoms with E-state index in [9.17, 15) is 4.79 Å². The molecule has 0 atom stereocenters. The Morgan fingerprint density at radius 3 is 2.62 bits per heavy atom. The third-order valence-electron chi connectivity index (χ3n) is 1.67. The highest BCUT2D eigenvalue weighted by Gasteiger charge is 2.02. The number of nitrogens with zero attached hydrogens (tertiary/aromatic N) is 1. The van der Waals surface area contributed by atoms with Gasteiger partial charge in [-0.15, -0.1) is 0 Å². The first-order valence-electron chi connectivity index (χ1n) is 4.66. The van der Waals surface area contributed by atoms with Gasteiger partial charge >= 0.3 is 5.97 Å². The van der Waals surface area contributed by atoms with Gasteiger partial charge in [-0.25, -0.2) is 0 Å². The standard InChI is InChI=1S/C9H20N2O2/c1-8(2)10-5-4-6-11(3)7-9(12)13/h8,10H,4-7H2,1-3H3,(H,12,13). The van der Waals surface area contributed by atoms with Crippen LogP contribution in [0.5, 0.6) is 0 Å². The molecule has 0 unspecified atom stereocenters. The second-order valence-electron chi connectivity index (χ2n) is 3.59. The maximum absolute atomic E-state index is 10.3. The fourth-order valence-corrected chi connectivity index (χ4v) is 1.05. The highest BCUT2D eigenvalue weighted by molar-refractivity contribution is 5.68. The number of rotatable bonds is 7. The Hall–Kier alpha value is -0.610. The van der Waals surface area contributed by atoms with Crippen LogP contribution in [0.3, 0.4) is 0 Å². The van der Waals surface area contributed by atoms with Crippen LogP contribution in [0.25, 0.3) is 0 Å². The van der Waals surface area contributed by atoms with Crippen LogP contribution in [0.15, 0.2) is 0 Å². The number of nitrogens with one attached hydrogen (secondary N) is 1. The SMILES string of the molecule is CC(C)NCCCN(C)CC(=O)O. The number of likely N-dealkylation sites (N-methyl/N-ethyl adjacent to an activating group) is 1. The first-order valence-corrected chi connectivity index (χ1v) is 4.66. The minimum atomic E-state index is -0.765. The van der Waals surface area contributed by atoms with Crippen molar-refractivity contribution in [2.75, 3.05) is 26.7 Å². The van der Waals surface area contributed by atoms with Crippen molar-refractivity contribution in [3.05, 3.63) is 0 Å². The maximum atomic E-state index is 10.3. The molecule has 0 saturated carbocycles. The molecule has 13 heavy (non-hydrogen) atoms. The van der Waals surface area contributed by atoms with Crippen LogP contribution >= 0.6 is 0 Å². The molecule has 0 fully saturated rings. The lowest BCUT2D eigenvalue weighted by molar-refractivity contribution is -0.137. The van der Waals surface area contributed by atoms with Crippen molar-refractivity contribution in [1.82, 2.24) is 10.2 Å². The molecule has 2 N–H and O–H groups in total. The van der Waals surface area contributed by atoms with E-state index in [0.717, 1.165) is 19.5 Å². The van der Waals surface area contributed by atoms with Gasteiger partial charge in [-0.05, 0) is 26.6 Å². The zero-order chi connectivity index (χ0) is 10.3. The van der Waals surface area contributed by atoms with Gasteiger partial charge in [0, 0.05) is 6.04 Å². The molecule has 0 bridgehead atoms. The van der Waals surface area contributed by atoms with Crippen LogP contribution in [0.2, 0.25) is 0 Å². The second-order valence-corrected chi connectivity index (χ2v) is 3.59. The molecule has 0 aliphatic rings. The minimum absolute atomic E-state index is 0.127. The Morgan fingerprint density at radius 1 is 1.54 bits per heavy atom. The van der Waals surface area contributed by atoms with Gasteiger partial charge in [0.1, 0.15) is 0 Å². The molecule has 0 amide bonds. The van der Waals surface area contributed by atoms with Crippen LogP contribution in [0.4, 0.5) is 0 Å². The fourth-order valence-electron chi connectivity index (χ4n) is 1.05. The Labute approximate surface area is 79.9 Å². The van der Waals surface area contributed by atoms with Gasteiger partial charge in [0.25, 0.3) is 0 Å². The van der Waals surface area contributed by atoms with Crippen molar-refractivity contribution in [1.29, 1.82) is 0 Å².